The van der Waals surface area contributed by atoms with Crippen LogP contribution in [-0.4, -0.2) is 164 Å². The summed E-state index contributed by atoms with van der Waals surface area (Å²) in [5.74, 6) is -7.27. The van der Waals surface area contributed by atoms with E-state index in [2.05, 4.69) is 51.9 Å². The number of amides is 6. The number of carboxylic acids is 1. The van der Waals surface area contributed by atoms with Crippen molar-refractivity contribution in [2.45, 2.75) is 132 Å². The van der Waals surface area contributed by atoms with Crippen LogP contribution in [0.5, 0.6) is 0 Å². The summed E-state index contributed by atoms with van der Waals surface area (Å²) in [6.07, 6.45) is 2.63. The van der Waals surface area contributed by atoms with Gasteiger partial charge in [-0.2, -0.15) is 0 Å². The second kappa shape index (κ2) is 36.3. The van der Waals surface area contributed by atoms with E-state index in [1.165, 1.54) is 0 Å². The number of aliphatic hydroxyl groups excluding tert-OH is 1. The Morgan fingerprint density at radius 1 is 0.377 bits per heavy atom. The fourth-order valence-electron chi connectivity index (χ4n) is 6.31. The van der Waals surface area contributed by atoms with Crippen molar-refractivity contribution in [2.24, 2.45) is 83.0 Å². The molecule has 6 amide bonds. The van der Waals surface area contributed by atoms with Crippen molar-refractivity contribution >= 4 is 65.3 Å². The first-order valence-electron chi connectivity index (χ1n) is 22.7. The van der Waals surface area contributed by atoms with Crippen LogP contribution in [-0.2, 0) is 33.6 Å². The van der Waals surface area contributed by atoms with Crippen LogP contribution in [0.25, 0.3) is 0 Å². The highest BCUT2D eigenvalue weighted by molar-refractivity contribution is 5.97. The number of unbranched alkanes of at least 4 members (excludes halogenated alkanes) is 2. The Morgan fingerprint density at radius 3 is 0.942 bits per heavy atom. The molecule has 30 heteroatoms. The van der Waals surface area contributed by atoms with Gasteiger partial charge in [0.1, 0.15) is 36.3 Å². The van der Waals surface area contributed by atoms with E-state index in [9.17, 15) is 43.8 Å². The quantitative estimate of drug-likeness (QED) is 0.0155. The Kier molecular flexibility index (Phi) is 32.7. The fourth-order valence-corrected chi connectivity index (χ4v) is 6.31. The molecule has 0 saturated carbocycles. The summed E-state index contributed by atoms with van der Waals surface area (Å²) >= 11 is 0. The Hall–Kier alpha value is -6.79. The standard InChI is InChI=1S/C39H79N21O9/c40-15-3-1-10-23(55-29(62)22(42)9-5-17-51-36(43)44)30(63)56-24(11-2-4-16-41)31(64)57-25(12-6-18-52-37(45)46)32(65)58-26(13-7-19-53-38(47)48)33(66)60-28(21-61)34(67)59-27(35(68)69)14-8-20-54-39(49)50/h22-28,61H,1-21,40-42H2,(H,55,62)(H,56,63)(H,57,64)(H,58,65)(H,59,67)(H,60,66)(H,68,69)(H4,43,44,51)(H4,45,46,52)(H4,47,48,53)(H4,49,50,54). The van der Waals surface area contributed by atoms with Crippen LogP contribution in [0.3, 0.4) is 0 Å². The SMILES string of the molecule is NCCCCC(NC(=O)C(N)CCCN=C(N)N)C(=O)NC(CCCCN)C(=O)NC(CCCN=C(N)N)C(=O)NC(CCCN=C(N)N)C(=O)NC(CO)C(=O)NC(CCCN=C(N)N)C(=O)O. The van der Waals surface area contributed by atoms with Gasteiger partial charge in [-0.1, -0.05) is 0 Å². The summed E-state index contributed by atoms with van der Waals surface area (Å²) in [4.78, 5) is 110. The van der Waals surface area contributed by atoms with E-state index in [-0.39, 0.29) is 114 Å². The highest BCUT2D eigenvalue weighted by Crippen LogP contribution is 2.10. The molecule has 0 aromatic rings. The van der Waals surface area contributed by atoms with Crippen molar-refractivity contribution < 1.29 is 43.8 Å². The third-order valence-corrected chi connectivity index (χ3v) is 10.00. The van der Waals surface area contributed by atoms with Gasteiger partial charge in [0.25, 0.3) is 0 Å². The van der Waals surface area contributed by atoms with Gasteiger partial charge in [0.05, 0.1) is 12.6 Å². The molecule has 0 saturated heterocycles. The monoisotopic (exact) mass is 986 g/mol. The Labute approximate surface area is 401 Å². The molecule has 0 aliphatic heterocycles. The predicted octanol–water partition coefficient (Wildman–Crippen LogP) is -8.23. The summed E-state index contributed by atoms with van der Waals surface area (Å²) in [5, 5.41) is 35.0. The second-order valence-corrected chi connectivity index (χ2v) is 15.9. The number of nitrogens with one attached hydrogen (secondary N) is 6. The molecule has 0 spiro atoms. The number of guanidine groups is 4. The number of carbonyl (C=O) groups excluding carboxylic acids is 6. The maximum atomic E-state index is 14.1. The lowest BCUT2D eigenvalue weighted by molar-refractivity contribution is -0.142. The van der Waals surface area contributed by atoms with Crippen molar-refractivity contribution in [1.29, 1.82) is 0 Å². The molecule has 0 heterocycles. The lowest BCUT2D eigenvalue weighted by Crippen LogP contribution is -2.60. The van der Waals surface area contributed by atoms with Gasteiger partial charge < -0.3 is 105 Å². The molecule has 394 valence electrons. The largest absolute Gasteiger partial charge is 0.480 e. The Morgan fingerprint density at radius 2 is 0.638 bits per heavy atom. The molecule has 0 aliphatic carbocycles. The number of rotatable bonds is 38. The highest BCUT2D eigenvalue weighted by atomic mass is 16.4. The van der Waals surface area contributed by atoms with Crippen molar-refractivity contribution in [3.63, 3.8) is 0 Å². The van der Waals surface area contributed by atoms with Crippen LogP contribution in [0.15, 0.2) is 20.0 Å². The number of carbonyl (C=O) groups is 7. The minimum Gasteiger partial charge on any atom is -0.480 e. The second-order valence-electron chi connectivity index (χ2n) is 15.9. The maximum absolute atomic E-state index is 14.1. The zero-order valence-corrected chi connectivity index (χ0v) is 39.3. The summed E-state index contributed by atoms with van der Waals surface area (Å²) in [5.41, 5.74) is 60.7. The first kappa shape index (κ1) is 62.2. The molecule has 7 unspecified atom stereocenters. The average molecular weight is 986 g/mol. The molecule has 0 rings (SSSR count). The van der Waals surface area contributed by atoms with E-state index in [1.54, 1.807) is 0 Å². The van der Waals surface area contributed by atoms with Crippen molar-refractivity contribution in [3.8, 4) is 0 Å². The van der Waals surface area contributed by atoms with Crippen molar-refractivity contribution in [3.05, 3.63) is 0 Å². The van der Waals surface area contributed by atoms with E-state index in [4.69, 9.17) is 63.1 Å². The summed E-state index contributed by atoms with van der Waals surface area (Å²) in [6, 6.07) is -9.38. The van der Waals surface area contributed by atoms with E-state index >= 15 is 0 Å². The number of aliphatic hydroxyl groups is 1. The van der Waals surface area contributed by atoms with Crippen molar-refractivity contribution in [2.75, 3.05) is 45.9 Å². The van der Waals surface area contributed by atoms with Gasteiger partial charge in [0.2, 0.25) is 35.4 Å². The first-order valence-corrected chi connectivity index (χ1v) is 22.7. The van der Waals surface area contributed by atoms with Crippen LogP contribution in [0.4, 0.5) is 0 Å². The zero-order valence-electron chi connectivity index (χ0n) is 39.3. The Balaban J connectivity index is 6.64. The number of aliphatic carboxylic acids is 1. The van der Waals surface area contributed by atoms with Gasteiger partial charge in [-0.25, -0.2) is 4.79 Å². The molecule has 30 N–H and O–H groups in total. The van der Waals surface area contributed by atoms with E-state index in [0.717, 1.165) is 0 Å². The lowest BCUT2D eigenvalue weighted by atomic mass is 10.0. The molecule has 0 aromatic heterocycles. The smallest absolute Gasteiger partial charge is 0.326 e. The molecule has 7 atom stereocenters. The van der Waals surface area contributed by atoms with Crippen LogP contribution >= 0.6 is 0 Å². The average Bonchev–Trinajstić information content (AvgIpc) is 3.28. The number of nitrogens with zero attached hydrogens (tertiary/aromatic N) is 4. The number of hydrogen-bond donors (Lipinski definition) is 19. The number of nitrogens with two attached hydrogens (primary N) is 11. The zero-order chi connectivity index (χ0) is 52.3. The summed E-state index contributed by atoms with van der Waals surface area (Å²) in [7, 11) is 0. The van der Waals surface area contributed by atoms with Crippen LogP contribution in [0, 0.1) is 0 Å². The van der Waals surface area contributed by atoms with Crippen LogP contribution < -0.4 is 95.0 Å². The van der Waals surface area contributed by atoms with Crippen LogP contribution in [0.1, 0.15) is 89.9 Å². The van der Waals surface area contributed by atoms with Gasteiger partial charge in [-0.05, 0) is 103 Å². The lowest BCUT2D eigenvalue weighted by Gasteiger charge is -2.27. The van der Waals surface area contributed by atoms with Crippen LogP contribution in [0.2, 0.25) is 0 Å². The van der Waals surface area contributed by atoms with Gasteiger partial charge in [0, 0.05) is 26.2 Å². The Bertz CT molecular complexity index is 1720. The molecular weight excluding hydrogens is 907 g/mol. The molecule has 0 aliphatic rings. The molecule has 0 aromatic carbocycles. The minimum absolute atomic E-state index is 0.00787. The summed E-state index contributed by atoms with van der Waals surface area (Å²) in [6.45, 7) is -0.0555. The van der Waals surface area contributed by atoms with Gasteiger partial charge in [-0.15, -0.1) is 0 Å². The minimum atomic E-state index is -1.68. The molecule has 0 radical (unpaired) electrons. The van der Waals surface area contributed by atoms with Gasteiger partial charge >= 0.3 is 5.97 Å². The molecular formula is C39H79N21O9. The summed E-state index contributed by atoms with van der Waals surface area (Å²) < 4.78 is 0. The van der Waals surface area contributed by atoms with Gasteiger partial charge in [0.15, 0.2) is 23.8 Å². The maximum Gasteiger partial charge on any atom is 0.326 e. The van der Waals surface area contributed by atoms with Gasteiger partial charge in [-0.3, -0.25) is 48.7 Å². The number of carboxylic acid groups (broad SMARTS) is 1. The van der Waals surface area contributed by atoms with E-state index < -0.39 is 90.3 Å². The highest BCUT2D eigenvalue weighted by Gasteiger charge is 2.33. The molecule has 69 heavy (non-hydrogen) atoms. The molecule has 0 fully saturated rings. The van der Waals surface area contributed by atoms with E-state index in [1.807, 2.05) is 0 Å². The first-order chi connectivity index (χ1) is 32.7. The normalized spacial score (nSPS) is 13.8. The number of hydrogen-bond acceptors (Lipinski definition) is 15. The van der Waals surface area contributed by atoms with E-state index in [0.29, 0.717) is 38.6 Å². The third kappa shape index (κ3) is 29.6. The number of aliphatic imine (C=N–C) groups is 4. The fraction of sp³-hybridized carbons (Fsp3) is 0.718. The van der Waals surface area contributed by atoms with Crippen molar-refractivity contribution in [1.82, 2.24) is 31.9 Å². The molecule has 0 bridgehead atoms. The molecule has 30 nitrogen and oxygen atoms in total. The predicted molar refractivity (Wildman–Crippen MR) is 260 cm³/mol. The third-order valence-electron chi connectivity index (χ3n) is 10.00. The topological polar surface area (TPSA) is 568 Å².